The van der Waals surface area contributed by atoms with Gasteiger partial charge in [0, 0.05) is 63.8 Å². The van der Waals surface area contributed by atoms with Gasteiger partial charge in [0.15, 0.2) is 0 Å². The van der Waals surface area contributed by atoms with Crippen LogP contribution in [0.1, 0.15) is 0 Å². The summed E-state index contributed by atoms with van der Waals surface area (Å²) in [6.07, 6.45) is 0. The highest BCUT2D eigenvalue weighted by molar-refractivity contribution is 7.25. The van der Waals surface area contributed by atoms with E-state index in [0.29, 0.717) is 5.95 Å². The Kier molecular flexibility index (Phi) is 5.74. The zero-order valence-corrected chi connectivity index (χ0v) is 30.2. The number of para-hydroxylation sites is 4. The molecular weight excluding hydrogens is 689 g/mol. The first-order valence-corrected chi connectivity index (χ1v) is 19.5. The molecule has 0 unspecified atom stereocenters. The van der Waals surface area contributed by atoms with Crippen molar-refractivity contribution in [3.05, 3.63) is 170 Å². The third kappa shape index (κ3) is 3.94. The largest absolute Gasteiger partial charge is 0.308 e. The second-order valence-corrected chi connectivity index (χ2v) is 15.6. The van der Waals surface area contributed by atoms with Crippen LogP contribution in [0, 0.1) is 0 Å². The zero-order chi connectivity index (χ0) is 35.8. The Hall–Kier alpha value is -7.08. The summed E-state index contributed by atoms with van der Waals surface area (Å²) >= 11 is 1.84. The van der Waals surface area contributed by atoms with Crippen molar-refractivity contribution in [2.75, 3.05) is 0 Å². The molecule has 0 saturated carbocycles. The average Bonchev–Trinajstić information content (AvgIpc) is 3.86. The second kappa shape index (κ2) is 10.8. The molecule has 55 heavy (non-hydrogen) atoms. The normalized spacial score (nSPS) is 12.4. The molecule has 0 radical (unpaired) electrons. The molecule has 0 saturated heterocycles. The number of rotatable bonds is 2. The van der Waals surface area contributed by atoms with Crippen LogP contribution in [-0.2, 0) is 0 Å². The van der Waals surface area contributed by atoms with Gasteiger partial charge in [-0.25, -0.2) is 9.97 Å². The predicted octanol–water partition coefficient (Wildman–Crippen LogP) is 13.5. The Morgan fingerprint density at radius 2 is 1.02 bits per heavy atom. The van der Waals surface area contributed by atoms with E-state index in [1.165, 1.54) is 80.7 Å². The fourth-order valence-corrected chi connectivity index (χ4v) is 10.4. The first-order valence-electron chi connectivity index (χ1n) is 18.7. The third-order valence-electron chi connectivity index (χ3n) is 11.7. The first-order chi connectivity index (χ1) is 27.3. The zero-order valence-electron chi connectivity index (χ0n) is 29.4. The van der Waals surface area contributed by atoms with Gasteiger partial charge in [-0.05, 0) is 59.7 Å². The van der Waals surface area contributed by atoms with E-state index in [0.717, 1.165) is 33.2 Å². The van der Waals surface area contributed by atoms with Crippen molar-refractivity contribution in [1.82, 2.24) is 19.1 Å². The summed E-state index contributed by atoms with van der Waals surface area (Å²) in [6.45, 7) is 0. The van der Waals surface area contributed by atoms with Crippen molar-refractivity contribution in [3.8, 4) is 45.1 Å². The maximum Gasteiger partial charge on any atom is 0.235 e. The second-order valence-electron chi connectivity index (χ2n) is 14.5. The average molecular weight is 717 g/mol. The van der Waals surface area contributed by atoms with Gasteiger partial charge in [0.25, 0.3) is 0 Å². The molecule has 0 aliphatic carbocycles. The van der Waals surface area contributed by atoms with Crippen molar-refractivity contribution in [3.63, 3.8) is 0 Å². The van der Waals surface area contributed by atoms with E-state index < -0.39 is 0 Å². The van der Waals surface area contributed by atoms with Gasteiger partial charge in [-0.1, -0.05) is 121 Å². The van der Waals surface area contributed by atoms with E-state index in [1.807, 2.05) is 11.3 Å². The summed E-state index contributed by atoms with van der Waals surface area (Å²) < 4.78 is 7.35. The smallest absolute Gasteiger partial charge is 0.235 e. The highest BCUT2D eigenvalue weighted by Gasteiger charge is 2.26. The van der Waals surface area contributed by atoms with Crippen molar-refractivity contribution >= 4 is 86.0 Å². The standard InChI is InChI=1S/C50H28N4S/c1-2-13-31-30(12-1)32-14-4-8-21-42(32)53-44-27-38-33-15-5-9-22-43(33)54(45(38)28-39(44)36-19-11-18-35(31)49(36)53)50-51-41-20-7-3-17-37(41)48(52-50)29-24-25-47-40(26-29)34-16-6-10-23-46(34)55-47/h1-28H. The molecule has 1 aliphatic rings. The maximum absolute atomic E-state index is 5.49. The van der Waals surface area contributed by atoms with Gasteiger partial charge >= 0.3 is 0 Å². The molecule has 5 heterocycles. The number of fused-ring (bicyclic) bond motifs is 15. The summed E-state index contributed by atoms with van der Waals surface area (Å²) in [5.41, 5.74) is 13.7. The van der Waals surface area contributed by atoms with E-state index in [4.69, 9.17) is 9.97 Å². The van der Waals surface area contributed by atoms with E-state index >= 15 is 0 Å². The Labute approximate surface area is 318 Å². The molecular formula is C50H28N4S. The molecule has 0 atom stereocenters. The number of hydrogen-bond acceptors (Lipinski definition) is 3. The van der Waals surface area contributed by atoms with Gasteiger partial charge in [-0.2, -0.15) is 0 Å². The third-order valence-corrected chi connectivity index (χ3v) is 12.8. The predicted molar refractivity (Wildman–Crippen MR) is 231 cm³/mol. The van der Waals surface area contributed by atoms with Crippen LogP contribution in [0.2, 0.25) is 0 Å². The van der Waals surface area contributed by atoms with Crippen LogP contribution in [0.15, 0.2) is 170 Å². The van der Waals surface area contributed by atoms with E-state index in [1.54, 1.807) is 0 Å². The van der Waals surface area contributed by atoms with Crippen molar-refractivity contribution in [2.45, 2.75) is 0 Å². The Bertz CT molecular complexity index is 3620. The number of hydrogen-bond donors (Lipinski definition) is 0. The lowest BCUT2D eigenvalue weighted by Crippen LogP contribution is -2.03. The summed E-state index contributed by atoms with van der Waals surface area (Å²) in [7, 11) is 0. The highest BCUT2D eigenvalue weighted by Crippen LogP contribution is 2.48. The van der Waals surface area contributed by atoms with Gasteiger partial charge in [0.1, 0.15) is 0 Å². The minimum Gasteiger partial charge on any atom is -0.308 e. The summed E-state index contributed by atoms with van der Waals surface area (Å²) in [5, 5.41) is 8.36. The molecule has 0 N–H and O–H groups in total. The Balaban J connectivity index is 1.13. The van der Waals surface area contributed by atoms with Crippen molar-refractivity contribution < 1.29 is 0 Å². The fourth-order valence-electron chi connectivity index (χ4n) is 9.32. The van der Waals surface area contributed by atoms with Crippen LogP contribution in [0.5, 0.6) is 0 Å². The minimum atomic E-state index is 0.666. The van der Waals surface area contributed by atoms with Crippen LogP contribution < -0.4 is 0 Å². The van der Waals surface area contributed by atoms with Crippen molar-refractivity contribution in [2.24, 2.45) is 0 Å². The molecule has 12 aromatic rings. The molecule has 1 aliphatic heterocycles. The lowest BCUT2D eigenvalue weighted by Gasteiger charge is -2.13. The van der Waals surface area contributed by atoms with E-state index in [-0.39, 0.29) is 0 Å². The van der Waals surface area contributed by atoms with Crippen molar-refractivity contribution in [1.29, 1.82) is 0 Å². The summed E-state index contributed by atoms with van der Waals surface area (Å²) in [6, 6.07) is 61.7. The molecule has 4 aromatic heterocycles. The molecule has 0 fully saturated rings. The summed E-state index contributed by atoms with van der Waals surface area (Å²) in [4.78, 5) is 10.8. The van der Waals surface area contributed by atoms with Gasteiger partial charge in [0.05, 0.1) is 39.0 Å². The molecule has 0 amide bonds. The van der Waals surface area contributed by atoms with E-state index in [2.05, 4.69) is 179 Å². The minimum absolute atomic E-state index is 0.666. The Morgan fingerprint density at radius 3 is 1.91 bits per heavy atom. The number of thiophene rings is 1. The number of aromatic nitrogens is 4. The molecule has 8 aromatic carbocycles. The molecule has 0 bridgehead atoms. The SMILES string of the molecule is c1ccc2c(c1)-c1ccccc1-n1c3cc4c5ccccc5n(-c5nc(-c6ccc7sc8ccccc8c7c6)c6ccccc6n5)c4cc3c3cccc-2c31. The lowest BCUT2D eigenvalue weighted by atomic mass is 9.94. The summed E-state index contributed by atoms with van der Waals surface area (Å²) in [5.74, 6) is 0.666. The lowest BCUT2D eigenvalue weighted by molar-refractivity contribution is 1.01. The van der Waals surface area contributed by atoms with Crippen LogP contribution in [0.25, 0.3) is 120 Å². The Morgan fingerprint density at radius 1 is 0.382 bits per heavy atom. The van der Waals surface area contributed by atoms with E-state index in [9.17, 15) is 0 Å². The maximum atomic E-state index is 5.49. The molecule has 254 valence electrons. The molecule has 4 nitrogen and oxygen atoms in total. The number of nitrogens with zero attached hydrogens (tertiary/aromatic N) is 4. The fraction of sp³-hybridized carbons (Fsp3) is 0. The van der Waals surface area contributed by atoms with Crippen LogP contribution in [0.3, 0.4) is 0 Å². The van der Waals surface area contributed by atoms with Gasteiger partial charge in [-0.15, -0.1) is 11.3 Å². The molecule has 5 heteroatoms. The van der Waals surface area contributed by atoms with Crippen LogP contribution in [0.4, 0.5) is 0 Å². The van der Waals surface area contributed by atoms with Crippen LogP contribution >= 0.6 is 11.3 Å². The van der Waals surface area contributed by atoms with Gasteiger partial charge < -0.3 is 4.57 Å². The monoisotopic (exact) mass is 716 g/mol. The van der Waals surface area contributed by atoms with Gasteiger partial charge in [-0.3, -0.25) is 4.57 Å². The molecule has 0 spiro atoms. The first kappa shape index (κ1) is 29.4. The van der Waals surface area contributed by atoms with Gasteiger partial charge in [0.2, 0.25) is 5.95 Å². The topological polar surface area (TPSA) is 35.6 Å². The highest BCUT2D eigenvalue weighted by atomic mass is 32.1. The number of benzene rings is 8. The van der Waals surface area contributed by atoms with Crippen LogP contribution in [-0.4, -0.2) is 19.1 Å². The molecule has 13 rings (SSSR count). The quantitative estimate of drug-likeness (QED) is 0.179.